The number of anilines is 1. The summed E-state index contributed by atoms with van der Waals surface area (Å²) in [6.45, 7) is 1.74. The Balaban J connectivity index is 1.52. The van der Waals surface area contributed by atoms with Gasteiger partial charge in [0, 0.05) is 32.0 Å². The van der Waals surface area contributed by atoms with Crippen LogP contribution >= 0.6 is 0 Å². The molecule has 8 heteroatoms. The standard InChI is InChI=1S/C25H26N6O2/c1-15(32)30(3)31(14-16-4-6-17(7-5-16)18-8-9-18)25(33)19-10-11-22-20(12-19)23-21(24(26)28-22)13-27-29(23)2/h4-7,10-13,18H,8-9,14H2,1-3H3,(H2,26,28). The number of amides is 2. The summed E-state index contributed by atoms with van der Waals surface area (Å²) in [7, 11) is 3.44. The first kappa shape index (κ1) is 20.9. The van der Waals surface area contributed by atoms with Gasteiger partial charge >= 0.3 is 0 Å². The molecule has 1 fully saturated rings. The largest absolute Gasteiger partial charge is 0.383 e. The first-order valence-corrected chi connectivity index (χ1v) is 11.0. The molecule has 2 heterocycles. The smallest absolute Gasteiger partial charge is 0.272 e. The maximum absolute atomic E-state index is 13.6. The minimum atomic E-state index is -0.270. The zero-order valence-electron chi connectivity index (χ0n) is 18.9. The molecular formula is C25H26N6O2. The van der Waals surface area contributed by atoms with Gasteiger partial charge in [0.1, 0.15) is 5.82 Å². The lowest BCUT2D eigenvalue weighted by atomic mass is 10.1. The molecule has 0 unspecified atom stereocenters. The Morgan fingerprint density at radius 3 is 2.52 bits per heavy atom. The Kier molecular flexibility index (Phi) is 5.00. The molecule has 0 radical (unpaired) electrons. The van der Waals surface area contributed by atoms with E-state index in [9.17, 15) is 9.59 Å². The fourth-order valence-electron chi connectivity index (χ4n) is 4.21. The molecule has 1 aliphatic rings. The second kappa shape index (κ2) is 7.88. The molecule has 0 aliphatic heterocycles. The lowest BCUT2D eigenvalue weighted by Gasteiger charge is -2.31. The maximum atomic E-state index is 13.6. The van der Waals surface area contributed by atoms with Gasteiger partial charge in [-0.1, -0.05) is 24.3 Å². The van der Waals surface area contributed by atoms with Crippen LogP contribution in [0.25, 0.3) is 21.8 Å². The van der Waals surface area contributed by atoms with Crippen LogP contribution in [-0.2, 0) is 18.4 Å². The molecule has 1 saturated carbocycles. The van der Waals surface area contributed by atoms with E-state index in [1.54, 1.807) is 36.1 Å². The molecule has 8 nitrogen and oxygen atoms in total. The van der Waals surface area contributed by atoms with Crippen molar-refractivity contribution in [2.45, 2.75) is 32.2 Å². The number of pyridine rings is 1. The van der Waals surface area contributed by atoms with Crippen molar-refractivity contribution in [1.29, 1.82) is 0 Å². The average molecular weight is 443 g/mol. The Morgan fingerprint density at radius 2 is 1.85 bits per heavy atom. The number of fused-ring (bicyclic) bond motifs is 3. The van der Waals surface area contributed by atoms with Gasteiger partial charge in [-0.2, -0.15) is 5.10 Å². The van der Waals surface area contributed by atoms with Crippen LogP contribution in [0.15, 0.2) is 48.7 Å². The fraction of sp³-hybridized carbons (Fsp3) is 0.280. The third-order valence-electron chi connectivity index (χ3n) is 6.37. The highest BCUT2D eigenvalue weighted by Crippen LogP contribution is 2.40. The van der Waals surface area contributed by atoms with Crippen LogP contribution in [-0.4, -0.2) is 43.6 Å². The maximum Gasteiger partial charge on any atom is 0.272 e. The molecule has 168 valence electrons. The molecule has 0 bridgehead atoms. The number of nitrogens with zero attached hydrogens (tertiary/aromatic N) is 5. The molecule has 4 aromatic rings. The van der Waals surface area contributed by atoms with Crippen LogP contribution in [0.5, 0.6) is 0 Å². The molecular weight excluding hydrogens is 416 g/mol. The van der Waals surface area contributed by atoms with Crippen molar-refractivity contribution in [1.82, 2.24) is 24.8 Å². The Morgan fingerprint density at radius 1 is 1.12 bits per heavy atom. The number of hydrazine groups is 1. The van der Waals surface area contributed by atoms with E-state index in [1.165, 1.54) is 35.3 Å². The summed E-state index contributed by atoms with van der Waals surface area (Å²) in [4.78, 5) is 30.3. The van der Waals surface area contributed by atoms with E-state index in [1.807, 2.05) is 19.2 Å². The third-order valence-corrected chi connectivity index (χ3v) is 6.37. The zero-order valence-corrected chi connectivity index (χ0v) is 18.9. The highest BCUT2D eigenvalue weighted by Gasteiger charge is 2.25. The number of nitrogens with two attached hydrogens (primary N) is 1. The van der Waals surface area contributed by atoms with Crippen molar-refractivity contribution in [2.75, 3.05) is 12.8 Å². The molecule has 2 aromatic heterocycles. The van der Waals surface area contributed by atoms with Crippen LogP contribution in [0.3, 0.4) is 0 Å². The number of hydrogen-bond acceptors (Lipinski definition) is 5. The van der Waals surface area contributed by atoms with Crippen molar-refractivity contribution in [3.05, 3.63) is 65.4 Å². The predicted octanol–water partition coefficient (Wildman–Crippen LogP) is 3.62. The van der Waals surface area contributed by atoms with Crippen molar-refractivity contribution in [3.63, 3.8) is 0 Å². The third kappa shape index (κ3) is 3.77. The zero-order chi connectivity index (χ0) is 23.3. The number of nitrogen functional groups attached to an aromatic ring is 1. The number of aryl methyl sites for hydroxylation is 1. The van der Waals surface area contributed by atoms with Crippen LogP contribution in [0.2, 0.25) is 0 Å². The lowest BCUT2D eigenvalue weighted by molar-refractivity contribution is -0.140. The molecule has 2 aromatic carbocycles. The summed E-state index contributed by atoms with van der Waals surface area (Å²) in [6, 6.07) is 13.6. The fourth-order valence-corrected chi connectivity index (χ4v) is 4.21. The monoisotopic (exact) mass is 442 g/mol. The van der Waals surface area contributed by atoms with Gasteiger partial charge in [-0.15, -0.1) is 0 Å². The van der Waals surface area contributed by atoms with Gasteiger partial charge in [-0.3, -0.25) is 19.3 Å². The predicted molar refractivity (Wildman–Crippen MR) is 127 cm³/mol. The number of carbonyl (C=O) groups is 2. The normalized spacial score (nSPS) is 13.4. The van der Waals surface area contributed by atoms with Crippen LogP contribution in [0.4, 0.5) is 5.82 Å². The van der Waals surface area contributed by atoms with Gasteiger partial charge < -0.3 is 5.73 Å². The number of rotatable bonds is 4. The van der Waals surface area contributed by atoms with Gasteiger partial charge in [0.2, 0.25) is 5.91 Å². The van der Waals surface area contributed by atoms with Gasteiger partial charge in [0.25, 0.3) is 5.91 Å². The second-order valence-electron chi connectivity index (χ2n) is 8.68. The topological polar surface area (TPSA) is 97.3 Å². The Bertz CT molecular complexity index is 1390. The van der Waals surface area contributed by atoms with Crippen molar-refractivity contribution in [2.24, 2.45) is 7.05 Å². The summed E-state index contributed by atoms with van der Waals surface area (Å²) in [6.07, 6.45) is 4.15. The van der Waals surface area contributed by atoms with E-state index < -0.39 is 0 Å². The van der Waals surface area contributed by atoms with E-state index in [-0.39, 0.29) is 11.8 Å². The second-order valence-corrected chi connectivity index (χ2v) is 8.68. The quantitative estimate of drug-likeness (QED) is 0.487. The molecule has 0 saturated heterocycles. The summed E-state index contributed by atoms with van der Waals surface area (Å²) in [5, 5.41) is 8.65. The van der Waals surface area contributed by atoms with E-state index in [0.717, 1.165) is 21.9 Å². The van der Waals surface area contributed by atoms with Gasteiger partial charge in [-0.25, -0.2) is 9.99 Å². The van der Waals surface area contributed by atoms with Crippen LogP contribution in [0, 0.1) is 0 Å². The molecule has 2 amide bonds. The van der Waals surface area contributed by atoms with Crippen molar-refractivity contribution < 1.29 is 9.59 Å². The summed E-state index contributed by atoms with van der Waals surface area (Å²) >= 11 is 0. The lowest BCUT2D eigenvalue weighted by Crippen LogP contribution is -2.46. The minimum Gasteiger partial charge on any atom is -0.383 e. The summed E-state index contributed by atoms with van der Waals surface area (Å²) in [5.74, 6) is 0.577. The summed E-state index contributed by atoms with van der Waals surface area (Å²) in [5.41, 5.74) is 10.3. The first-order valence-electron chi connectivity index (χ1n) is 11.0. The molecule has 5 rings (SSSR count). The first-order chi connectivity index (χ1) is 15.8. The SMILES string of the molecule is CC(=O)N(C)N(Cc1ccc(C2CC2)cc1)C(=O)c1ccc2nc(N)c3cnn(C)c3c2c1. The number of hydrogen-bond donors (Lipinski definition) is 1. The number of aromatic nitrogens is 3. The Hall–Kier alpha value is -3.94. The number of carbonyl (C=O) groups excluding carboxylic acids is 2. The van der Waals surface area contributed by atoms with Gasteiger partial charge in [-0.05, 0) is 48.1 Å². The molecule has 1 aliphatic carbocycles. The molecule has 2 N–H and O–H groups in total. The van der Waals surface area contributed by atoms with Crippen LogP contribution in [0.1, 0.15) is 47.2 Å². The van der Waals surface area contributed by atoms with Crippen molar-refractivity contribution in [3.8, 4) is 0 Å². The molecule has 33 heavy (non-hydrogen) atoms. The van der Waals surface area contributed by atoms with E-state index in [4.69, 9.17) is 5.73 Å². The van der Waals surface area contributed by atoms with E-state index in [0.29, 0.717) is 29.4 Å². The average Bonchev–Trinajstić information content (AvgIpc) is 3.58. The molecule has 0 spiro atoms. The van der Waals surface area contributed by atoms with E-state index in [2.05, 4.69) is 22.2 Å². The van der Waals surface area contributed by atoms with Crippen LogP contribution < -0.4 is 5.73 Å². The highest BCUT2D eigenvalue weighted by molar-refractivity contribution is 6.10. The number of benzene rings is 2. The Labute approximate surface area is 191 Å². The van der Waals surface area contributed by atoms with E-state index >= 15 is 0 Å². The highest BCUT2D eigenvalue weighted by atomic mass is 16.2. The summed E-state index contributed by atoms with van der Waals surface area (Å²) < 4.78 is 1.73. The van der Waals surface area contributed by atoms with Gasteiger partial charge in [0.15, 0.2) is 0 Å². The van der Waals surface area contributed by atoms with Gasteiger partial charge in [0.05, 0.1) is 29.2 Å². The molecule has 0 atom stereocenters. The van der Waals surface area contributed by atoms with Crippen molar-refractivity contribution >= 4 is 39.4 Å². The minimum absolute atomic E-state index is 0.220.